The molecule has 29 heavy (non-hydrogen) atoms. The van der Waals surface area contributed by atoms with Gasteiger partial charge < -0.3 is 9.47 Å². The Morgan fingerprint density at radius 3 is 2.41 bits per heavy atom. The van der Waals surface area contributed by atoms with Gasteiger partial charge in [0, 0.05) is 11.1 Å². The highest BCUT2D eigenvalue weighted by molar-refractivity contribution is 6.30. The lowest BCUT2D eigenvalue weighted by atomic mass is 9.75. The van der Waals surface area contributed by atoms with E-state index < -0.39 is 12.0 Å². The van der Waals surface area contributed by atoms with Gasteiger partial charge in [0.15, 0.2) is 0 Å². The van der Waals surface area contributed by atoms with E-state index in [1.807, 2.05) is 12.1 Å². The van der Waals surface area contributed by atoms with Gasteiger partial charge >= 0.3 is 11.9 Å². The van der Waals surface area contributed by atoms with Crippen LogP contribution in [0.2, 0.25) is 5.02 Å². The minimum Gasteiger partial charge on any atom is -0.468 e. The molecule has 5 nitrogen and oxygen atoms in total. The number of hydrogen-bond donors (Lipinski definition) is 1. The van der Waals surface area contributed by atoms with E-state index in [0.29, 0.717) is 29.2 Å². The summed E-state index contributed by atoms with van der Waals surface area (Å²) in [6.07, 6.45) is 3.48. The first kappa shape index (κ1) is 22.1. The second-order valence-corrected chi connectivity index (χ2v) is 9.35. The summed E-state index contributed by atoms with van der Waals surface area (Å²) in [4.78, 5) is 25.4. The van der Waals surface area contributed by atoms with Crippen LogP contribution in [0.1, 0.15) is 58.1 Å². The van der Waals surface area contributed by atoms with Gasteiger partial charge in [0.05, 0.1) is 13.0 Å². The molecule has 6 atom stereocenters. The second-order valence-electron chi connectivity index (χ2n) is 8.92. The highest BCUT2D eigenvalue weighted by atomic mass is 35.5. The van der Waals surface area contributed by atoms with Crippen molar-refractivity contribution >= 4 is 23.5 Å². The van der Waals surface area contributed by atoms with E-state index in [4.69, 9.17) is 21.1 Å². The van der Waals surface area contributed by atoms with Crippen LogP contribution < -0.4 is 5.32 Å². The lowest BCUT2D eigenvalue weighted by Crippen LogP contribution is -2.38. The molecule has 6 heteroatoms. The molecule has 0 bridgehead atoms. The summed E-state index contributed by atoms with van der Waals surface area (Å²) in [5, 5.41) is 3.90. The number of methoxy groups -OCH3 is 1. The maximum Gasteiger partial charge on any atom is 0.322 e. The number of carbonyl (C=O) groups is 2. The van der Waals surface area contributed by atoms with Gasteiger partial charge in [-0.3, -0.25) is 14.9 Å². The molecule has 0 amide bonds. The minimum atomic E-state index is -0.524. The van der Waals surface area contributed by atoms with E-state index in [1.54, 1.807) is 12.1 Å². The van der Waals surface area contributed by atoms with Crippen molar-refractivity contribution in [3.8, 4) is 0 Å². The molecule has 2 fully saturated rings. The molecule has 1 saturated carbocycles. The van der Waals surface area contributed by atoms with Crippen molar-refractivity contribution < 1.29 is 19.1 Å². The molecule has 1 saturated heterocycles. The van der Waals surface area contributed by atoms with Gasteiger partial charge in [0.1, 0.15) is 12.1 Å². The molecule has 160 valence electrons. The maximum absolute atomic E-state index is 13.3. The van der Waals surface area contributed by atoms with Gasteiger partial charge in [0.2, 0.25) is 0 Å². The predicted octanol–water partition coefficient (Wildman–Crippen LogP) is 4.54. The fourth-order valence-electron chi connectivity index (χ4n) is 4.82. The fourth-order valence-corrected chi connectivity index (χ4v) is 4.94. The van der Waals surface area contributed by atoms with Crippen LogP contribution in [0.3, 0.4) is 0 Å². The summed E-state index contributed by atoms with van der Waals surface area (Å²) in [7, 11) is 1.36. The number of hydrogen-bond acceptors (Lipinski definition) is 5. The predicted molar refractivity (Wildman–Crippen MR) is 112 cm³/mol. The van der Waals surface area contributed by atoms with Crippen LogP contribution in [0.5, 0.6) is 0 Å². The van der Waals surface area contributed by atoms with Crippen LogP contribution in [0, 0.1) is 23.7 Å². The van der Waals surface area contributed by atoms with Gasteiger partial charge in [0.25, 0.3) is 0 Å². The molecule has 0 radical (unpaired) electrons. The Morgan fingerprint density at radius 1 is 1.10 bits per heavy atom. The molecule has 1 aromatic carbocycles. The molecule has 1 heterocycles. The average molecular weight is 422 g/mol. The molecular formula is C23H32ClNO4. The Morgan fingerprint density at radius 2 is 1.79 bits per heavy atom. The van der Waals surface area contributed by atoms with Crippen LogP contribution >= 0.6 is 11.6 Å². The summed E-state index contributed by atoms with van der Waals surface area (Å²) in [6, 6.07) is 6.54. The van der Waals surface area contributed by atoms with Crippen LogP contribution in [-0.4, -0.2) is 31.2 Å². The number of halogens is 1. The smallest absolute Gasteiger partial charge is 0.322 e. The van der Waals surface area contributed by atoms with Crippen molar-refractivity contribution in [1.82, 2.24) is 5.32 Å². The van der Waals surface area contributed by atoms with E-state index >= 15 is 0 Å². The average Bonchev–Trinajstić information content (AvgIpc) is 3.13. The zero-order valence-corrected chi connectivity index (χ0v) is 18.4. The minimum absolute atomic E-state index is 0.0608. The molecule has 2 aliphatic rings. The van der Waals surface area contributed by atoms with Crippen LogP contribution in [0.4, 0.5) is 0 Å². The Balaban J connectivity index is 1.79. The first-order valence-corrected chi connectivity index (χ1v) is 11.0. The maximum atomic E-state index is 13.3. The Labute approximate surface area is 178 Å². The number of ether oxygens (including phenoxy) is 2. The quantitative estimate of drug-likeness (QED) is 0.707. The third-order valence-electron chi connectivity index (χ3n) is 6.52. The van der Waals surface area contributed by atoms with E-state index in [-0.39, 0.29) is 24.1 Å². The molecule has 1 aliphatic carbocycles. The number of rotatable bonds is 5. The van der Waals surface area contributed by atoms with Gasteiger partial charge in [-0.1, -0.05) is 50.9 Å². The lowest BCUT2D eigenvalue weighted by Gasteiger charge is -2.37. The molecule has 0 unspecified atom stereocenters. The zero-order chi connectivity index (χ0) is 21.1. The number of esters is 2. The van der Waals surface area contributed by atoms with Gasteiger partial charge in [-0.15, -0.1) is 0 Å². The summed E-state index contributed by atoms with van der Waals surface area (Å²) in [5.74, 6) is 0.385. The topological polar surface area (TPSA) is 64.6 Å². The molecule has 0 spiro atoms. The largest absolute Gasteiger partial charge is 0.468 e. The Hall–Kier alpha value is -1.59. The van der Waals surface area contributed by atoms with Crippen molar-refractivity contribution in [3.63, 3.8) is 0 Å². The van der Waals surface area contributed by atoms with E-state index in [1.165, 1.54) is 13.5 Å². The highest BCUT2D eigenvalue weighted by Crippen LogP contribution is 2.39. The highest BCUT2D eigenvalue weighted by Gasteiger charge is 2.45. The summed E-state index contributed by atoms with van der Waals surface area (Å²) in [5.41, 5.74) is 0.917. The van der Waals surface area contributed by atoms with Crippen molar-refractivity contribution in [2.75, 3.05) is 7.11 Å². The molecule has 1 aromatic rings. The summed E-state index contributed by atoms with van der Waals surface area (Å²) < 4.78 is 11.0. The van der Waals surface area contributed by atoms with Gasteiger partial charge in [-0.05, 0) is 54.7 Å². The molecule has 1 N–H and O–H groups in total. The van der Waals surface area contributed by atoms with Crippen molar-refractivity contribution in [2.45, 2.75) is 64.6 Å². The third-order valence-corrected chi connectivity index (χ3v) is 6.77. The first-order valence-electron chi connectivity index (χ1n) is 10.6. The number of benzene rings is 1. The SMILES string of the molecule is COC(=O)[C@@H]1C[C@H](C(=O)O[C@@H]2C[C@H](C)CC[C@H]2C(C)C)[C@H](c2ccc(Cl)cc2)N1. The van der Waals surface area contributed by atoms with Crippen molar-refractivity contribution in [1.29, 1.82) is 0 Å². The van der Waals surface area contributed by atoms with Gasteiger partial charge in [-0.25, -0.2) is 0 Å². The number of nitrogens with one attached hydrogen (secondary N) is 1. The van der Waals surface area contributed by atoms with E-state index in [9.17, 15) is 9.59 Å². The Bertz CT molecular complexity index is 720. The van der Waals surface area contributed by atoms with Crippen molar-refractivity contribution in [3.05, 3.63) is 34.9 Å². The lowest BCUT2D eigenvalue weighted by molar-refractivity contribution is -0.161. The summed E-state index contributed by atoms with van der Waals surface area (Å²) in [6.45, 7) is 6.61. The molecular weight excluding hydrogens is 390 g/mol. The standard InChI is InChI=1S/C23H32ClNO4/c1-13(2)17-10-5-14(3)11-20(17)29-22(26)18-12-19(23(27)28-4)25-21(18)15-6-8-16(24)9-7-15/h6-9,13-14,17-21,25H,5,10-12H2,1-4H3/t14-,17+,18+,19+,20-,21+/m1/s1. The van der Waals surface area contributed by atoms with Crippen molar-refractivity contribution in [2.24, 2.45) is 23.7 Å². The fraction of sp³-hybridized carbons (Fsp3) is 0.652. The second kappa shape index (κ2) is 9.48. The molecule has 0 aromatic heterocycles. The van der Waals surface area contributed by atoms with Crippen LogP contribution in [0.15, 0.2) is 24.3 Å². The third kappa shape index (κ3) is 5.13. The monoisotopic (exact) mass is 421 g/mol. The molecule has 3 rings (SSSR count). The normalized spacial score (nSPS) is 32.2. The molecule has 1 aliphatic heterocycles. The van der Waals surface area contributed by atoms with E-state index in [0.717, 1.165) is 18.4 Å². The first-order chi connectivity index (χ1) is 13.8. The van der Waals surface area contributed by atoms with Gasteiger partial charge in [-0.2, -0.15) is 0 Å². The zero-order valence-electron chi connectivity index (χ0n) is 17.7. The Kier molecular flexibility index (Phi) is 7.23. The summed E-state index contributed by atoms with van der Waals surface area (Å²) >= 11 is 6.02. The van der Waals surface area contributed by atoms with Crippen LogP contribution in [0.25, 0.3) is 0 Å². The van der Waals surface area contributed by atoms with Crippen LogP contribution in [-0.2, 0) is 19.1 Å². The number of carbonyl (C=O) groups excluding carboxylic acids is 2. The van der Waals surface area contributed by atoms with E-state index in [2.05, 4.69) is 26.1 Å².